The first kappa shape index (κ1) is 7.03. The van der Waals surface area contributed by atoms with E-state index >= 15 is 0 Å². The fourth-order valence-electron chi connectivity index (χ4n) is 0.618. The van der Waals surface area contributed by atoms with Crippen molar-refractivity contribution in [2.24, 2.45) is 15.6 Å². The zero-order valence-electron chi connectivity index (χ0n) is 6.47. The minimum Gasteiger partial charge on any atom is -0.190 e. The van der Waals surface area contributed by atoms with Gasteiger partial charge in [0.2, 0.25) is 0 Å². The molecule has 0 aliphatic carbocycles. The van der Waals surface area contributed by atoms with Crippen molar-refractivity contribution < 1.29 is 0 Å². The molecule has 1 aliphatic rings. The van der Waals surface area contributed by atoms with Gasteiger partial charge in [-0.2, -0.15) is 10.6 Å². The molecule has 0 aromatic heterocycles. The summed E-state index contributed by atoms with van der Waals surface area (Å²) < 4.78 is 0. The summed E-state index contributed by atoms with van der Waals surface area (Å²) in [6.45, 7) is 6.28. The lowest BCUT2D eigenvalue weighted by atomic mass is 9.90. The fourth-order valence-corrected chi connectivity index (χ4v) is 0.618. The van der Waals surface area contributed by atoms with Crippen LogP contribution >= 0.6 is 0 Å². The molecule has 0 fully saturated rings. The minimum atomic E-state index is 0.0793. The standard InChI is InChI=1S/C7H11N3/c1-7(2,3)6-4-5-8-10-9-6/h4,10H,1-3H3. The molecule has 0 spiro atoms. The molecule has 0 aromatic carbocycles. The van der Waals surface area contributed by atoms with Gasteiger partial charge in [-0.15, -0.1) is 5.10 Å². The first-order chi connectivity index (χ1) is 4.61. The van der Waals surface area contributed by atoms with Crippen molar-refractivity contribution in [3.05, 3.63) is 6.08 Å². The lowest BCUT2D eigenvalue weighted by molar-refractivity contribution is 0.583. The molecule has 1 rings (SSSR count). The predicted molar refractivity (Wildman–Crippen MR) is 42.0 cm³/mol. The van der Waals surface area contributed by atoms with Crippen LogP contribution in [0.15, 0.2) is 16.3 Å². The molecular formula is C7H11N3. The molecule has 0 saturated carbocycles. The minimum absolute atomic E-state index is 0.0793. The lowest BCUT2D eigenvalue weighted by Gasteiger charge is -2.17. The zero-order valence-corrected chi connectivity index (χ0v) is 6.47. The molecule has 0 amide bonds. The average molecular weight is 137 g/mol. The second-order valence-electron chi connectivity index (χ2n) is 3.23. The summed E-state index contributed by atoms with van der Waals surface area (Å²) in [5, 5.41) is 7.58. The molecule has 1 aliphatic heterocycles. The maximum atomic E-state index is 3.98. The Kier molecular flexibility index (Phi) is 1.60. The molecule has 10 heavy (non-hydrogen) atoms. The highest BCUT2D eigenvalue weighted by molar-refractivity contribution is 6.04. The van der Waals surface area contributed by atoms with E-state index in [-0.39, 0.29) is 5.41 Å². The van der Waals surface area contributed by atoms with Crippen molar-refractivity contribution in [3.8, 4) is 0 Å². The average Bonchev–Trinajstić information content (AvgIpc) is 1.88. The van der Waals surface area contributed by atoms with Gasteiger partial charge in [0, 0.05) is 17.4 Å². The Morgan fingerprint density at radius 2 is 2.20 bits per heavy atom. The third kappa shape index (κ3) is 1.45. The molecule has 0 radical (unpaired) electrons. The molecule has 54 valence electrons. The van der Waals surface area contributed by atoms with Crippen LogP contribution in [0.25, 0.3) is 0 Å². The number of nitrogens with zero attached hydrogens (tertiary/aromatic N) is 2. The third-order valence-electron chi connectivity index (χ3n) is 1.25. The Bertz CT molecular complexity index is 213. The van der Waals surface area contributed by atoms with E-state index in [0.717, 1.165) is 5.71 Å². The van der Waals surface area contributed by atoms with Crippen LogP contribution < -0.4 is 5.53 Å². The van der Waals surface area contributed by atoms with Crippen LogP contribution in [0.3, 0.4) is 0 Å². The van der Waals surface area contributed by atoms with Gasteiger partial charge in [-0.05, 0) is 0 Å². The topological polar surface area (TPSA) is 36.8 Å². The number of hydrazone groups is 2. The van der Waals surface area contributed by atoms with Gasteiger partial charge in [-0.25, -0.2) is 0 Å². The van der Waals surface area contributed by atoms with E-state index in [4.69, 9.17) is 0 Å². The quantitative estimate of drug-likeness (QED) is 0.534. The molecule has 0 saturated heterocycles. The summed E-state index contributed by atoms with van der Waals surface area (Å²) >= 11 is 0. The molecule has 1 N–H and O–H groups in total. The summed E-state index contributed by atoms with van der Waals surface area (Å²) in [6.07, 6.45) is 1.79. The summed E-state index contributed by atoms with van der Waals surface area (Å²) in [5.41, 5.74) is 3.57. The first-order valence-electron chi connectivity index (χ1n) is 3.22. The molecule has 0 unspecified atom stereocenters. The van der Waals surface area contributed by atoms with Crippen LogP contribution in [-0.2, 0) is 0 Å². The maximum Gasteiger partial charge on any atom is 0.0770 e. The van der Waals surface area contributed by atoms with Crippen LogP contribution in [0.4, 0.5) is 0 Å². The Morgan fingerprint density at radius 1 is 1.50 bits per heavy atom. The second-order valence-corrected chi connectivity index (χ2v) is 3.23. The second kappa shape index (κ2) is 2.27. The largest absolute Gasteiger partial charge is 0.190 e. The summed E-state index contributed by atoms with van der Waals surface area (Å²) in [7, 11) is 0. The van der Waals surface area contributed by atoms with Gasteiger partial charge in [0.05, 0.1) is 5.71 Å². The normalized spacial score (nSPS) is 16.5. The van der Waals surface area contributed by atoms with Crippen molar-refractivity contribution in [3.63, 3.8) is 0 Å². The number of nitrogens with one attached hydrogen (secondary N) is 1. The Balaban J connectivity index is 2.85. The molecular weight excluding hydrogens is 126 g/mol. The van der Waals surface area contributed by atoms with Crippen LogP contribution in [-0.4, -0.2) is 11.6 Å². The van der Waals surface area contributed by atoms with E-state index in [1.165, 1.54) is 0 Å². The van der Waals surface area contributed by atoms with Gasteiger partial charge < -0.3 is 0 Å². The van der Waals surface area contributed by atoms with Gasteiger partial charge in [0.1, 0.15) is 0 Å². The highest BCUT2D eigenvalue weighted by Crippen LogP contribution is 2.16. The fraction of sp³-hybridized carbons (Fsp3) is 0.571. The first-order valence-corrected chi connectivity index (χ1v) is 3.22. The van der Waals surface area contributed by atoms with Gasteiger partial charge in [-0.3, -0.25) is 0 Å². The number of allylic oxidation sites excluding steroid dienone is 1. The molecule has 0 bridgehead atoms. The summed E-state index contributed by atoms with van der Waals surface area (Å²) in [4.78, 5) is 0. The lowest BCUT2D eigenvalue weighted by Crippen LogP contribution is -2.22. The zero-order chi connectivity index (χ0) is 7.61. The van der Waals surface area contributed by atoms with Crippen LogP contribution in [0.1, 0.15) is 20.8 Å². The number of hydrogen-bond acceptors (Lipinski definition) is 3. The van der Waals surface area contributed by atoms with E-state index < -0.39 is 0 Å². The van der Waals surface area contributed by atoms with Crippen molar-refractivity contribution in [1.29, 1.82) is 0 Å². The van der Waals surface area contributed by atoms with E-state index in [2.05, 4.69) is 42.4 Å². The van der Waals surface area contributed by atoms with Crippen molar-refractivity contribution in [2.45, 2.75) is 20.8 Å². The summed E-state index contributed by atoms with van der Waals surface area (Å²) in [6, 6.07) is 0. The summed E-state index contributed by atoms with van der Waals surface area (Å²) in [5.74, 6) is 2.70. The molecule has 1 heterocycles. The van der Waals surface area contributed by atoms with Crippen molar-refractivity contribution in [2.75, 3.05) is 0 Å². The Hall–Kier alpha value is -1.08. The Morgan fingerprint density at radius 3 is 2.50 bits per heavy atom. The smallest absolute Gasteiger partial charge is 0.0770 e. The van der Waals surface area contributed by atoms with Crippen molar-refractivity contribution in [1.82, 2.24) is 5.53 Å². The maximum absolute atomic E-state index is 3.98. The Labute approximate surface area is 60.5 Å². The molecule has 3 heteroatoms. The SMILES string of the molecule is CC(C)(C)C1=NNN=C=C1. The van der Waals surface area contributed by atoms with Crippen LogP contribution in [0, 0.1) is 5.41 Å². The molecule has 3 nitrogen and oxygen atoms in total. The molecule has 0 aromatic rings. The highest BCUT2D eigenvalue weighted by Gasteiger charge is 2.17. The van der Waals surface area contributed by atoms with Gasteiger partial charge in [-0.1, -0.05) is 20.8 Å². The monoisotopic (exact) mass is 137 g/mol. The van der Waals surface area contributed by atoms with Crippen molar-refractivity contribution >= 4 is 11.6 Å². The predicted octanol–water partition coefficient (Wildman–Crippen LogP) is 1.13. The molecule has 0 atom stereocenters. The third-order valence-corrected chi connectivity index (χ3v) is 1.25. The number of rotatable bonds is 0. The van der Waals surface area contributed by atoms with Crippen LogP contribution in [0.5, 0.6) is 0 Å². The van der Waals surface area contributed by atoms with Gasteiger partial charge in [0.25, 0.3) is 0 Å². The van der Waals surface area contributed by atoms with Gasteiger partial charge in [0.15, 0.2) is 0 Å². The van der Waals surface area contributed by atoms with Crippen LogP contribution in [0.2, 0.25) is 0 Å². The van der Waals surface area contributed by atoms with E-state index in [1.807, 2.05) is 0 Å². The number of hydrogen-bond donors (Lipinski definition) is 1. The highest BCUT2D eigenvalue weighted by atomic mass is 15.5. The van der Waals surface area contributed by atoms with Gasteiger partial charge >= 0.3 is 0 Å². The van der Waals surface area contributed by atoms with E-state index in [9.17, 15) is 0 Å². The van der Waals surface area contributed by atoms with E-state index in [0.29, 0.717) is 0 Å². The van der Waals surface area contributed by atoms with E-state index in [1.54, 1.807) is 6.08 Å².